The first-order valence-corrected chi connectivity index (χ1v) is 9.50. The minimum atomic E-state index is -4.60. The van der Waals surface area contributed by atoms with Crippen LogP contribution < -0.4 is 10.6 Å². The lowest BCUT2D eigenvalue weighted by molar-refractivity contribution is -0.138. The van der Waals surface area contributed by atoms with Gasteiger partial charge in [0.15, 0.2) is 5.96 Å². The van der Waals surface area contributed by atoms with Gasteiger partial charge in [0.25, 0.3) is 0 Å². The third kappa shape index (κ3) is 7.27. The molecule has 0 bridgehead atoms. The molecular formula is C19H29F4N5. The Morgan fingerprint density at radius 2 is 1.93 bits per heavy atom. The maximum absolute atomic E-state index is 13.2. The summed E-state index contributed by atoms with van der Waals surface area (Å²) in [6, 6.07) is 2.70. The number of benzene rings is 1. The van der Waals surface area contributed by atoms with E-state index in [1.165, 1.54) is 0 Å². The van der Waals surface area contributed by atoms with Gasteiger partial charge in [-0.05, 0) is 57.2 Å². The highest BCUT2D eigenvalue weighted by Crippen LogP contribution is 2.32. The van der Waals surface area contributed by atoms with Crippen molar-refractivity contribution in [2.75, 3.05) is 53.4 Å². The first kappa shape index (κ1) is 22.4. The van der Waals surface area contributed by atoms with Gasteiger partial charge in [0.2, 0.25) is 0 Å². The van der Waals surface area contributed by atoms with E-state index in [0.717, 1.165) is 57.7 Å². The van der Waals surface area contributed by atoms with Crippen molar-refractivity contribution in [3.8, 4) is 0 Å². The maximum Gasteiger partial charge on any atom is 0.416 e. The van der Waals surface area contributed by atoms with Gasteiger partial charge >= 0.3 is 6.18 Å². The molecule has 0 atom stereocenters. The molecule has 9 heteroatoms. The molecule has 28 heavy (non-hydrogen) atoms. The molecule has 2 rings (SSSR count). The average Bonchev–Trinajstić information content (AvgIpc) is 2.85. The fourth-order valence-corrected chi connectivity index (χ4v) is 3.20. The third-order valence-electron chi connectivity index (χ3n) is 4.80. The van der Waals surface area contributed by atoms with E-state index in [1.54, 1.807) is 7.05 Å². The third-order valence-corrected chi connectivity index (χ3v) is 4.80. The molecular weight excluding hydrogens is 374 g/mol. The Balaban J connectivity index is 1.78. The lowest BCUT2D eigenvalue weighted by atomic mass is 10.1. The Kier molecular flexibility index (Phi) is 8.50. The average molecular weight is 403 g/mol. The highest BCUT2D eigenvalue weighted by atomic mass is 19.4. The molecule has 2 N–H and O–H groups in total. The predicted octanol–water partition coefficient (Wildman–Crippen LogP) is 2.54. The van der Waals surface area contributed by atoms with E-state index in [4.69, 9.17) is 0 Å². The summed E-state index contributed by atoms with van der Waals surface area (Å²) in [6.45, 7) is 5.86. The van der Waals surface area contributed by atoms with E-state index >= 15 is 0 Å². The number of hydrogen-bond donors (Lipinski definition) is 2. The molecule has 1 aromatic rings. The molecule has 1 aliphatic rings. The van der Waals surface area contributed by atoms with Crippen LogP contribution in [0, 0.1) is 5.82 Å². The summed E-state index contributed by atoms with van der Waals surface area (Å²) in [5.41, 5.74) is -0.993. The quantitative estimate of drug-likeness (QED) is 0.332. The Bertz CT molecular complexity index is 648. The smallest absolute Gasteiger partial charge is 0.356 e. The topological polar surface area (TPSA) is 42.9 Å². The fourth-order valence-electron chi connectivity index (χ4n) is 3.20. The molecule has 0 amide bonds. The first-order valence-electron chi connectivity index (χ1n) is 9.50. The normalized spacial score (nSPS) is 17.4. The summed E-state index contributed by atoms with van der Waals surface area (Å²) in [5, 5.41) is 5.99. The molecule has 0 spiro atoms. The zero-order valence-electron chi connectivity index (χ0n) is 16.4. The van der Waals surface area contributed by atoms with Gasteiger partial charge in [-0.25, -0.2) is 4.39 Å². The van der Waals surface area contributed by atoms with E-state index in [1.807, 2.05) is 0 Å². The van der Waals surface area contributed by atoms with Crippen molar-refractivity contribution < 1.29 is 17.6 Å². The van der Waals surface area contributed by atoms with Gasteiger partial charge in [0.05, 0.1) is 5.56 Å². The highest BCUT2D eigenvalue weighted by molar-refractivity contribution is 5.79. The van der Waals surface area contributed by atoms with Crippen LogP contribution in [0.5, 0.6) is 0 Å². The van der Waals surface area contributed by atoms with E-state index in [0.29, 0.717) is 18.6 Å². The van der Waals surface area contributed by atoms with Crippen molar-refractivity contribution in [3.05, 3.63) is 35.1 Å². The van der Waals surface area contributed by atoms with Crippen LogP contribution in [0.1, 0.15) is 24.0 Å². The van der Waals surface area contributed by atoms with Crippen LogP contribution in [0.2, 0.25) is 0 Å². The van der Waals surface area contributed by atoms with Gasteiger partial charge in [-0.2, -0.15) is 13.2 Å². The van der Waals surface area contributed by atoms with Gasteiger partial charge < -0.3 is 20.4 Å². The zero-order chi connectivity index (χ0) is 20.6. The summed E-state index contributed by atoms with van der Waals surface area (Å²) in [4.78, 5) is 8.79. The van der Waals surface area contributed by atoms with Crippen molar-refractivity contribution in [1.29, 1.82) is 0 Å². The van der Waals surface area contributed by atoms with Gasteiger partial charge in [-0.1, -0.05) is 6.07 Å². The number of rotatable bonds is 6. The lowest BCUT2D eigenvalue weighted by Gasteiger charge is -2.20. The predicted molar refractivity (Wildman–Crippen MR) is 103 cm³/mol. The molecule has 158 valence electrons. The van der Waals surface area contributed by atoms with E-state index < -0.39 is 17.6 Å². The van der Waals surface area contributed by atoms with Crippen molar-refractivity contribution in [2.45, 2.75) is 25.6 Å². The van der Waals surface area contributed by atoms with Crippen LogP contribution in [-0.4, -0.2) is 69.1 Å². The first-order chi connectivity index (χ1) is 13.3. The van der Waals surface area contributed by atoms with Crippen molar-refractivity contribution in [3.63, 3.8) is 0 Å². The Morgan fingerprint density at radius 1 is 1.14 bits per heavy atom. The van der Waals surface area contributed by atoms with E-state index in [9.17, 15) is 17.6 Å². The maximum atomic E-state index is 13.2. The molecule has 0 unspecified atom stereocenters. The number of hydrogen-bond acceptors (Lipinski definition) is 3. The number of nitrogens with one attached hydrogen (secondary N) is 2. The molecule has 1 aromatic carbocycles. The molecule has 1 saturated heterocycles. The van der Waals surface area contributed by atoms with Crippen molar-refractivity contribution >= 4 is 5.96 Å². The minimum Gasteiger partial charge on any atom is -0.356 e. The van der Waals surface area contributed by atoms with E-state index in [-0.39, 0.29) is 12.1 Å². The number of likely N-dealkylation sites (N-methyl/N-ethyl adjacent to an activating group) is 1. The summed E-state index contributed by atoms with van der Waals surface area (Å²) in [7, 11) is 3.70. The fraction of sp³-hybridized carbons (Fsp3) is 0.632. The minimum absolute atomic E-state index is 0.0227. The number of aliphatic imine (C=N–C) groups is 1. The van der Waals surface area contributed by atoms with Gasteiger partial charge in [-0.3, -0.25) is 4.99 Å². The van der Waals surface area contributed by atoms with Crippen LogP contribution in [0.3, 0.4) is 0 Å². The molecule has 1 heterocycles. The molecule has 0 saturated carbocycles. The Hall–Kier alpha value is -1.87. The molecule has 0 aliphatic carbocycles. The monoisotopic (exact) mass is 403 g/mol. The van der Waals surface area contributed by atoms with Crippen molar-refractivity contribution in [1.82, 2.24) is 20.4 Å². The Morgan fingerprint density at radius 3 is 2.64 bits per heavy atom. The summed E-state index contributed by atoms with van der Waals surface area (Å²) < 4.78 is 52.4. The molecule has 0 aromatic heterocycles. The molecule has 5 nitrogen and oxygen atoms in total. The number of nitrogens with zero attached hydrogens (tertiary/aromatic N) is 3. The molecule has 1 fully saturated rings. The summed E-state index contributed by atoms with van der Waals surface area (Å²) >= 11 is 0. The van der Waals surface area contributed by atoms with Crippen LogP contribution >= 0.6 is 0 Å². The van der Waals surface area contributed by atoms with E-state index in [2.05, 4.69) is 32.5 Å². The van der Waals surface area contributed by atoms with Crippen LogP contribution in [0.25, 0.3) is 0 Å². The number of guanidine groups is 1. The Labute approximate surface area is 163 Å². The number of halogens is 4. The van der Waals surface area contributed by atoms with Crippen LogP contribution in [-0.2, 0) is 12.7 Å². The van der Waals surface area contributed by atoms with Crippen LogP contribution in [0.4, 0.5) is 17.6 Å². The molecule has 0 radical (unpaired) electrons. The zero-order valence-corrected chi connectivity index (χ0v) is 16.4. The highest BCUT2D eigenvalue weighted by Gasteiger charge is 2.33. The van der Waals surface area contributed by atoms with Crippen molar-refractivity contribution in [2.24, 2.45) is 4.99 Å². The number of alkyl halides is 3. The second kappa shape index (κ2) is 10.6. The lowest BCUT2D eigenvalue weighted by Crippen LogP contribution is -2.39. The van der Waals surface area contributed by atoms with Gasteiger partial charge in [-0.15, -0.1) is 0 Å². The van der Waals surface area contributed by atoms with Crippen LogP contribution in [0.15, 0.2) is 23.2 Å². The van der Waals surface area contributed by atoms with Gasteiger partial charge in [0.1, 0.15) is 5.82 Å². The molecule has 1 aliphatic heterocycles. The van der Waals surface area contributed by atoms with Gasteiger partial charge in [0, 0.05) is 33.2 Å². The standard InChI is InChI=1S/C19H29F4N5/c1-24-18(25-7-3-9-28-10-4-8-27(2)11-12-28)26-14-15-5-6-16(20)13-17(15)19(21,22)23/h5-6,13H,3-4,7-12,14H2,1-2H3,(H2,24,25,26). The second-order valence-electron chi connectivity index (χ2n) is 7.00. The summed E-state index contributed by atoms with van der Waals surface area (Å²) in [5.74, 6) is -0.480. The second-order valence-corrected chi connectivity index (χ2v) is 7.00. The largest absolute Gasteiger partial charge is 0.416 e. The summed E-state index contributed by atoms with van der Waals surface area (Å²) in [6.07, 6.45) is -2.53. The SMILES string of the molecule is CN=C(NCCCN1CCCN(C)CC1)NCc1ccc(F)cc1C(F)(F)F.